The van der Waals surface area contributed by atoms with Gasteiger partial charge < -0.3 is 9.30 Å². The number of rotatable bonds is 5. The number of hydrogen-bond acceptors (Lipinski definition) is 2. The van der Waals surface area contributed by atoms with E-state index in [0.717, 1.165) is 23.4 Å². The van der Waals surface area contributed by atoms with Crippen LogP contribution >= 0.6 is 0 Å². The Bertz CT molecular complexity index is 744. The van der Waals surface area contributed by atoms with E-state index in [1.54, 1.807) is 7.11 Å². The van der Waals surface area contributed by atoms with E-state index < -0.39 is 0 Å². The second kappa shape index (κ2) is 6.37. The Hall–Kier alpha value is -2.39. The molecule has 21 heavy (non-hydrogen) atoms. The molecule has 1 heterocycles. The summed E-state index contributed by atoms with van der Waals surface area (Å²) in [5, 5.41) is 0. The van der Waals surface area contributed by atoms with Gasteiger partial charge in [-0.25, -0.2) is 4.98 Å². The molecule has 0 unspecified atom stereocenters. The lowest BCUT2D eigenvalue weighted by molar-refractivity contribution is 0.175. The van der Waals surface area contributed by atoms with Crippen LogP contribution in [0.4, 0.5) is 0 Å². The van der Waals surface area contributed by atoms with Crippen LogP contribution in [-0.4, -0.2) is 16.7 Å². The van der Waals surface area contributed by atoms with Crippen LogP contribution in [0.1, 0.15) is 11.4 Å². The second-order valence-corrected chi connectivity index (χ2v) is 4.87. The topological polar surface area (TPSA) is 27.1 Å². The van der Waals surface area contributed by atoms with Crippen molar-refractivity contribution in [2.45, 2.75) is 13.2 Å². The molecule has 0 saturated carbocycles. The van der Waals surface area contributed by atoms with Gasteiger partial charge in [-0.2, -0.15) is 0 Å². The molecule has 3 rings (SSSR count). The third-order valence-electron chi connectivity index (χ3n) is 3.40. The highest BCUT2D eigenvalue weighted by Gasteiger charge is 2.08. The van der Waals surface area contributed by atoms with Gasteiger partial charge in [-0.3, -0.25) is 0 Å². The summed E-state index contributed by atoms with van der Waals surface area (Å²) in [6.45, 7) is 1.31. The van der Waals surface area contributed by atoms with E-state index in [2.05, 4.69) is 39.9 Å². The highest BCUT2D eigenvalue weighted by molar-refractivity contribution is 5.76. The van der Waals surface area contributed by atoms with Gasteiger partial charge in [-0.15, -0.1) is 0 Å². The molecule has 0 aliphatic rings. The first-order chi connectivity index (χ1) is 10.4. The van der Waals surface area contributed by atoms with Crippen molar-refractivity contribution in [2.24, 2.45) is 0 Å². The van der Waals surface area contributed by atoms with Gasteiger partial charge in [0.15, 0.2) is 0 Å². The largest absolute Gasteiger partial charge is 0.377 e. The van der Waals surface area contributed by atoms with Crippen LogP contribution < -0.4 is 0 Å². The average molecular weight is 278 g/mol. The Morgan fingerprint density at radius 1 is 1.05 bits per heavy atom. The van der Waals surface area contributed by atoms with Crippen molar-refractivity contribution in [3.05, 3.63) is 72.1 Å². The van der Waals surface area contributed by atoms with Crippen LogP contribution in [0.25, 0.3) is 17.1 Å². The van der Waals surface area contributed by atoms with E-state index in [9.17, 15) is 0 Å². The third-order valence-corrected chi connectivity index (χ3v) is 3.40. The van der Waals surface area contributed by atoms with E-state index in [1.165, 1.54) is 5.56 Å². The van der Waals surface area contributed by atoms with Crippen LogP contribution in [0.5, 0.6) is 0 Å². The first-order valence-corrected chi connectivity index (χ1v) is 7.03. The fourth-order valence-electron chi connectivity index (χ4n) is 2.43. The van der Waals surface area contributed by atoms with Gasteiger partial charge in [0, 0.05) is 13.7 Å². The summed E-state index contributed by atoms with van der Waals surface area (Å²) in [5.41, 5.74) is 3.36. The average Bonchev–Trinajstić information content (AvgIpc) is 2.87. The molecule has 3 heteroatoms. The third kappa shape index (κ3) is 3.03. The molecular weight excluding hydrogens is 260 g/mol. The lowest BCUT2D eigenvalue weighted by Gasteiger charge is -2.05. The van der Waals surface area contributed by atoms with Crippen molar-refractivity contribution in [1.29, 1.82) is 0 Å². The van der Waals surface area contributed by atoms with Crippen molar-refractivity contribution < 1.29 is 4.74 Å². The van der Waals surface area contributed by atoms with Crippen molar-refractivity contribution in [1.82, 2.24) is 9.55 Å². The van der Waals surface area contributed by atoms with Gasteiger partial charge in [0.2, 0.25) is 0 Å². The fraction of sp³-hybridized carbons (Fsp3) is 0.167. The molecule has 0 bridgehead atoms. The Kier molecular flexibility index (Phi) is 4.12. The molecule has 0 saturated heterocycles. The van der Waals surface area contributed by atoms with Gasteiger partial charge in [-0.05, 0) is 17.7 Å². The number of nitrogens with zero attached hydrogens (tertiary/aromatic N) is 2. The molecule has 0 aliphatic carbocycles. The fourth-order valence-corrected chi connectivity index (χ4v) is 2.43. The lowest BCUT2D eigenvalue weighted by atomic mass is 10.2. The number of benzene rings is 2. The smallest absolute Gasteiger partial charge is 0.136 e. The zero-order chi connectivity index (χ0) is 14.5. The highest BCUT2D eigenvalue weighted by atomic mass is 16.5. The maximum atomic E-state index is 5.26. The number of para-hydroxylation sites is 2. The SMILES string of the molecule is COCc1nc2ccccc2n1C/C=C/c1ccccc1. The zero-order valence-corrected chi connectivity index (χ0v) is 12.1. The molecule has 0 amide bonds. The van der Waals surface area contributed by atoms with Crippen molar-refractivity contribution in [3.8, 4) is 0 Å². The number of ether oxygens (including phenoxy) is 1. The molecule has 2 aromatic carbocycles. The van der Waals surface area contributed by atoms with Crippen molar-refractivity contribution in [3.63, 3.8) is 0 Å². The Balaban J connectivity index is 1.88. The summed E-state index contributed by atoms with van der Waals surface area (Å²) in [4.78, 5) is 4.63. The molecule has 3 nitrogen and oxygen atoms in total. The summed E-state index contributed by atoms with van der Waals surface area (Å²) < 4.78 is 7.45. The van der Waals surface area contributed by atoms with E-state index in [4.69, 9.17) is 4.74 Å². The standard InChI is InChI=1S/C18H18N2O/c1-21-14-18-19-16-11-5-6-12-17(16)20(18)13-7-10-15-8-3-2-4-9-15/h2-12H,13-14H2,1H3/b10-7+. The predicted octanol–water partition coefficient (Wildman–Crippen LogP) is 3.90. The van der Waals surface area contributed by atoms with Crippen LogP contribution in [0.15, 0.2) is 60.7 Å². The van der Waals surface area contributed by atoms with Crippen molar-refractivity contribution in [2.75, 3.05) is 7.11 Å². The van der Waals surface area contributed by atoms with E-state index in [0.29, 0.717) is 6.61 Å². The summed E-state index contributed by atoms with van der Waals surface area (Å²) in [5.74, 6) is 0.955. The maximum Gasteiger partial charge on any atom is 0.136 e. The number of allylic oxidation sites excluding steroid dienone is 1. The molecule has 106 valence electrons. The Morgan fingerprint density at radius 3 is 2.62 bits per heavy atom. The van der Waals surface area contributed by atoms with E-state index >= 15 is 0 Å². The number of hydrogen-bond donors (Lipinski definition) is 0. The molecule has 0 atom stereocenters. The van der Waals surface area contributed by atoms with Gasteiger partial charge in [0.25, 0.3) is 0 Å². The number of methoxy groups -OCH3 is 1. The molecule has 3 aromatic rings. The molecule has 0 spiro atoms. The van der Waals surface area contributed by atoms with Crippen LogP contribution in [0.3, 0.4) is 0 Å². The van der Waals surface area contributed by atoms with Crippen LogP contribution in [-0.2, 0) is 17.9 Å². The molecule has 0 fully saturated rings. The van der Waals surface area contributed by atoms with Gasteiger partial charge in [0.1, 0.15) is 12.4 Å². The van der Waals surface area contributed by atoms with E-state index in [1.807, 2.05) is 36.4 Å². The quantitative estimate of drug-likeness (QED) is 0.708. The first kappa shape index (κ1) is 13.6. The Morgan fingerprint density at radius 2 is 1.81 bits per heavy atom. The second-order valence-electron chi connectivity index (χ2n) is 4.87. The molecule has 0 radical (unpaired) electrons. The maximum absolute atomic E-state index is 5.26. The number of imidazole rings is 1. The summed E-state index contributed by atoms with van der Waals surface area (Å²) in [7, 11) is 1.70. The minimum atomic E-state index is 0.522. The number of fused-ring (bicyclic) bond motifs is 1. The highest BCUT2D eigenvalue weighted by Crippen LogP contribution is 2.17. The zero-order valence-electron chi connectivity index (χ0n) is 12.1. The van der Waals surface area contributed by atoms with Crippen LogP contribution in [0, 0.1) is 0 Å². The molecular formula is C18H18N2O. The molecule has 0 aliphatic heterocycles. The molecule has 1 aromatic heterocycles. The monoisotopic (exact) mass is 278 g/mol. The lowest BCUT2D eigenvalue weighted by Crippen LogP contribution is -2.03. The van der Waals surface area contributed by atoms with E-state index in [-0.39, 0.29) is 0 Å². The normalized spacial score (nSPS) is 11.5. The number of aromatic nitrogens is 2. The van der Waals surface area contributed by atoms with Crippen LogP contribution in [0.2, 0.25) is 0 Å². The Labute approximate surface area is 124 Å². The molecule has 0 N–H and O–H groups in total. The first-order valence-electron chi connectivity index (χ1n) is 7.03. The summed E-state index contributed by atoms with van der Waals surface area (Å²) in [6, 6.07) is 18.5. The minimum Gasteiger partial charge on any atom is -0.377 e. The summed E-state index contributed by atoms with van der Waals surface area (Å²) >= 11 is 0. The van der Waals surface area contributed by atoms with Crippen molar-refractivity contribution >= 4 is 17.1 Å². The minimum absolute atomic E-state index is 0.522. The van der Waals surface area contributed by atoms with Gasteiger partial charge >= 0.3 is 0 Å². The van der Waals surface area contributed by atoms with Gasteiger partial charge in [-0.1, -0.05) is 54.6 Å². The predicted molar refractivity (Wildman–Crippen MR) is 85.9 cm³/mol. The van der Waals surface area contributed by atoms with Gasteiger partial charge in [0.05, 0.1) is 11.0 Å². The summed E-state index contributed by atoms with van der Waals surface area (Å²) in [6.07, 6.45) is 4.29.